The minimum atomic E-state index is 0.694. The summed E-state index contributed by atoms with van der Waals surface area (Å²) in [6.45, 7) is 9.32. The average Bonchev–Trinajstić information content (AvgIpc) is 2.82. The van der Waals surface area contributed by atoms with Crippen LogP contribution in [-0.4, -0.2) is 5.54 Å². The second-order valence-electron chi connectivity index (χ2n) is 10.7. The fourth-order valence-electron chi connectivity index (χ4n) is 5.04. The predicted octanol–water partition coefficient (Wildman–Crippen LogP) is 12.7. The van der Waals surface area contributed by atoms with E-state index in [9.17, 15) is 0 Å². The maximum Gasteiger partial charge on any atom is 0.226 e. The molecular formula is C31H62BBr. The van der Waals surface area contributed by atoms with Gasteiger partial charge in [-0.25, -0.2) is 0 Å². The molecule has 0 aromatic rings. The monoisotopic (exact) mass is 524 g/mol. The van der Waals surface area contributed by atoms with Gasteiger partial charge in [0.2, 0.25) is 5.54 Å². The molecule has 0 atom stereocenters. The number of allylic oxidation sites excluding steroid dienone is 2. The van der Waals surface area contributed by atoms with Crippen LogP contribution < -0.4 is 0 Å². The molecule has 0 amide bonds. The average molecular weight is 526 g/mol. The fourth-order valence-corrected chi connectivity index (χ4v) is 5.76. The molecule has 0 nitrogen and oxygen atoms in total. The zero-order chi connectivity index (χ0) is 24.4. The van der Waals surface area contributed by atoms with Crippen molar-refractivity contribution in [2.45, 2.75) is 188 Å². The molecular weight excluding hydrogens is 463 g/mol. The van der Waals surface area contributed by atoms with Crippen molar-refractivity contribution in [3.63, 3.8) is 0 Å². The minimum absolute atomic E-state index is 0.694. The van der Waals surface area contributed by atoms with Crippen molar-refractivity contribution in [2.75, 3.05) is 0 Å². The lowest BCUT2D eigenvalue weighted by molar-refractivity contribution is 0.579. The summed E-state index contributed by atoms with van der Waals surface area (Å²) in [6, 6.07) is 0. The molecule has 0 radical (unpaired) electrons. The van der Waals surface area contributed by atoms with Gasteiger partial charge >= 0.3 is 0 Å². The normalized spacial score (nSPS) is 11.2. The molecule has 0 bridgehead atoms. The maximum absolute atomic E-state index is 4.11. The highest BCUT2D eigenvalue weighted by Gasteiger charge is 2.15. The maximum atomic E-state index is 4.11. The molecule has 0 rings (SSSR count). The van der Waals surface area contributed by atoms with Crippen molar-refractivity contribution in [1.29, 1.82) is 0 Å². The first-order valence-corrected chi connectivity index (χ1v) is 16.4. The van der Waals surface area contributed by atoms with E-state index < -0.39 is 0 Å². The summed E-state index contributed by atoms with van der Waals surface area (Å²) in [5.74, 6) is 0. The van der Waals surface area contributed by atoms with E-state index in [1.54, 1.807) is 0 Å². The Bertz CT molecular complexity index is 399. The lowest BCUT2D eigenvalue weighted by atomic mass is 9.65. The van der Waals surface area contributed by atoms with Crippen molar-refractivity contribution in [1.82, 2.24) is 0 Å². The van der Waals surface area contributed by atoms with E-state index >= 15 is 0 Å². The third-order valence-electron chi connectivity index (χ3n) is 7.34. The lowest BCUT2D eigenvalue weighted by Gasteiger charge is -2.18. The molecule has 0 N–H and O–H groups in total. The van der Waals surface area contributed by atoms with Gasteiger partial charge in [-0.2, -0.15) is 15.8 Å². The smallest absolute Gasteiger partial charge is 0.156 e. The Morgan fingerprint density at radius 3 is 1.24 bits per heavy atom. The highest BCUT2D eigenvalue weighted by Crippen LogP contribution is 2.30. The van der Waals surface area contributed by atoms with E-state index in [1.165, 1.54) is 160 Å². The van der Waals surface area contributed by atoms with Gasteiger partial charge < -0.3 is 0 Å². The van der Waals surface area contributed by atoms with Crippen LogP contribution in [0.4, 0.5) is 0 Å². The molecule has 2 heteroatoms. The van der Waals surface area contributed by atoms with Gasteiger partial charge in [0.25, 0.3) is 0 Å². The molecule has 0 aromatic heterocycles. The van der Waals surface area contributed by atoms with Gasteiger partial charge in [0, 0.05) is 0 Å². The molecule has 0 aliphatic carbocycles. The molecule has 0 aromatic carbocycles. The van der Waals surface area contributed by atoms with Crippen molar-refractivity contribution in [3.8, 4) is 0 Å². The van der Waals surface area contributed by atoms with Crippen LogP contribution in [0, 0.1) is 0 Å². The number of unbranched alkanes of at least 4 members (excludes halogenated alkanes) is 16. The first-order chi connectivity index (χ1) is 16.2. The molecule has 0 saturated heterocycles. The van der Waals surface area contributed by atoms with E-state index in [0.29, 0.717) is 5.54 Å². The van der Waals surface area contributed by atoms with E-state index in [0.717, 1.165) is 0 Å². The van der Waals surface area contributed by atoms with Crippen LogP contribution >= 0.6 is 15.8 Å². The summed E-state index contributed by atoms with van der Waals surface area (Å²) in [5.41, 5.74) is 4.42. The van der Waals surface area contributed by atoms with Crippen molar-refractivity contribution in [3.05, 3.63) is 11.1 Å². The van der Waals surface area contributed by atoms with Gasteiger partial charge in [-0.05, 0) is 44.8 Å². The third kappa shape index (κ3) is 22.5. The Hall–Kier alpha value is 0.285. The summed E-state index contributed by atoms with van der Waals surface area (Å²) < 4.78 is 0. The number of hydrogen-bond donors (Lipinski definition) is 0. The molecule has 33 heavy (non-hydrogen) atoms. The zero-order valence-corrected chi connectivity index (χ0v) is 25.2. The van der Waals surface area contributed by atoms with Crippen LogP contribution in [0.2, 0.25) is 12.6 Å². The van der Waals surface area contributed by atoms with Gasteiger partial charge in [0.15, 0.2) is 0 Å². The summed E-state index contributed by atoms with van der Waals surface area (Å²) >= 11 is 4.11. The van der Waals surface area contributed by atoms with E-state index in [4.69, 9.17) is 0 Å². The topological polar surface area (TPSA) is 0 Å². The Morgan fingerprint density at radius 2 is 0.788 bits per heavy atom. The van der Waals surface area contributed by atoms with Crippen LogP contribution in [0.1, 0.15) is 175 Å². The van der Waals surface area contributed by atoms with E-state index in [-0.39, 0.29) is 0 Å². The van der Waals surface area contributed by atoms with Gasteiger partial charge in [-0.3, -0.25) is 0 Å². The zero-order valence-electron chi connectivity index (χ0n) is 23.6. The Kier molecular flexibility index (Phi) is 27.1. The van der Waals surface area contributed by atoms with Gasteiger partial charge in [0.1, 0.15) is 0 Å². The Labute approximate surface area is 220 Å². The number of rotatable bonds is 26. The second kappa shape index (κ2) is 26.9. The van der Waals surface area contributed by atoms with Crippen molar-refractivity contribution < 1.29 is 0 Å². The SMILES string of the molecule is CCCCCCCCB(Br)CC(CCCC)=C(CCCCCCCC)CCCCCCCC. The number of hydrogen-bond acceptors (Lipinski definition) is 0. The quantitative estimate of drug-likeness (QED) is 0.0598. The van der Waals surface area contributed by atoms with Crippen LogP contribution in [0.25, 0.3) is 0 Å². The van der Waals surface area contributed by atoms with E-state index in [2.05, 4.69) is 43.5 Å². The summed E-state index contributed by atoms with van der Waals surface area (Å²) in [5, 5.41) is 0. The second-order valence-corrected chi connectivity index (χ2v) is 12.0. The van der Waals surface area contributed by atoms with E-state index in [1.807, 2.05) is 11.1 Å². The molecule has 196 valence electrons. The van der Waals surface area contributed by atoms with Crippen LogP contribution in [0.15, 0.2) is 11.1 Å². The van der Waals surface area contributed by atoms with Gasteiger partial charge in [0.05, 0.1) is 0 Å². The highest BCUT2D eigenvalue weighted by molar-refractivity contribution is 9.24. The molecule has 0 saturated carbocycles. The van der Waals surface area contributed by atoms with Crippen LogP contribution in [-0.2, 0) is 0 Å². The number of halogens is 1. The first kappa shape index (κ1) is 33.3. The summed E-state index contributed by atoms with van der Waals surface area (Å²) in [7, 11) is 0. The molecule has 0 aliphatic rings. The molecule has 0 spiro atoms. The highest BCUT2D eigenvalue weighted by atomic mass is 79.9. The largest absolute Gasteiger partial charge is 0.226 e. The molecule has 0 fully saturated rings. The lowest BCUT2D eigenvalue weighted by Crippen LogP contribution is -2.07. The summed E-state index contributed by atoms with van der Waals surface area (Å²) in [4.78, 5) is 0. The standard InChI is InChI=1S/C31H62BBr/c1-5-9-13-16-19-22-26-30(27-23-20-17-14-10-6-2)31(25-12-8-4)29-32(33)28-24-21-18-15-11-7-3/h5-29H2,1-4H3. The Morgan fingerprint density at radius 1 is 0.424 bits per heavy atom. The van der Waals surface area contributed by atoms with Crippen molar-refractivity contribution >= 4 is 21.3 Å². The third-order valence-corrected chi connectivity index (χ3v) is 8.12. The Balaban J connectivity index is 4.80. The minimum Gasteiger partial charge on any atom is -0.156 e. The van der Waals surface area contributed by atoms with Crippen LogP contribution in [0.3, 0.4) is 0 Å². The summed E-state index contributed by atoms with van der Waals surface area (Å²) in [6.07, 6.45) is 35.1. The molecule has 0 heterocycles. The van der Waals surface area contributed by atoms with Gasteiger partial charge in [-0.1, -0.05) is 154 Å². The molecule has 0 aliphatic heterocycles. The van der Waals surface area contributed by atoms with Gasteiger partial charge in [-0.15, -0.1) is 0 Å². The fraction of sp³-hybridized carbons (Fsp3) is 0.935. The predicted molar refractivity (Wildman–Crippen MR) is 160 cm³/mol. The first-order valence-electron chi connectivity index (χ1n) is 15.5. The van der Waals surface area contributed by atoms with Crippen LogP contribution in [0.5, 0.6) is 0 Å². The van der Waals surface area contributed by atoms with Crippen molar-refractivity contribution in [2.24, 2.45) is 0 Å². The molecule has 0 unspecified atom stereocenters.